The first-order valence-corrected chi connectivity index (χ1v) is 47.8. The van der Waals surface area contributed by atoms with E-state index >= 15 is 4.79 Å². The third-order valence-electron chi connectivity index (χ3n) is 32.8. The lowest BCUT2D eigenvalue weighted by molar-refractivity contribution is -0.384. The Morgan fingerprint density at radius 1 is 0.459 bits per heavy atom. The zero-order chi connectivity index (χ0) is 98.9. The van der Waals surface area contributed by atoms with Crippen molar-refractivity contribution in [2.45, 2.75) is 431 Å². The maximum Gasteiger partial charge on any atom is 0.317 e. The molecule has 776 valence electrons. The topological polar surface area (TPSA) is 679 Å². The second kappa shape index (κ2) is 43.7. The fourth-order valence-electron chi connectivity index (χ4n) is 23.9. The largest absolute Gasteiger partial charge is 0.462 e. The Labute approximate surface area is 782 Å². The van der Waals surface area contributed by atoms with Crippen LogP contribution in [-0.4, -0.2) is 428 Å². The fraction of sp³-hybridized carbons (Fsp3) is 0.934. The van der Waals surface area contributed by atoms with Crippen molar-refractivity contribution in [3.63, 3.8) is 0 Å². The molecule has 0 radical (unpaired) electrons. The number of esters is 3. The van der Waals surface area contributed by atoms with Gasteiger partial charge in [0.05, 0.1) is 101 Å². The van der Waals surface area contributed by atoms with Gasteiger partial charge in [-0.15, -0.1) is 0 Å². The van der Waals surface area contributed by atoms with Crippen LogP contribution in [0.2, 0.25) is 0 Å². The second-order valence-corrected chi connectivity index (χ2v) is 42.0. The van der Waals surface area contributed by atoms with Crippen molar-refractivity contribution in [3.05, 3.63) is 11.6 Å². The van der Waals surface area contributed by atoms with Crippen LogP contribution in [-0.2, 0) is 104 Å². The van der Waals surface area contributed by atoms with Gasteiger partial charge in [-0.2, -0.15) is 0 Å². The van der Waals surface area contributed by atoms with E-state index in [9.17, 15) is 127 Å². The first kappa shape index (κ1) is 109. The molecule has 0 aromatic rings. The van der Waals surface area contributed by atoms with E-state index in [2.05, 4.69) is 40.7 Å². The third-order valence-corrected chi connectivity index (χ3v) is 32.8. The van der Waals surface area contributed by atoms with E-state index in [0.29, 0.717) is 51.4 Å². The van der Waals surface area contributed by atoms with E-state index in [0.717, 1.165) is 11.9 Å². The van der Waals surface area contributed by atoms with Crippen LogP contribution in [0.4, 0.5) is 0 Å². The molecule has 0 aromatic heterocycles. The molecule has 0 amide bonds. The molecule has 22 N–H and O–H groups in total. The maximum absolute atomic E-state index is 16.3. The summed E-state index contributed by atoms with van der Waals surface area (Å²) in [5, 5.41) is 245. The lowest BCUT2D eigenvalue weighted by Crippen LogP contribution is -2.69. The average Bonchev–Trinajstić information content (AvgIpc) is 0.846. The molecule has 8 saturated heterocycles. The summed E-state index contributed by atoms with van der Waals surface area (Å²) in [6.07, 6.45) is -63.0. The van der Waals surface area contributed by atoms with E-state index in [1.54, 1.807) is 20.8 Å². The number of hydrogen-bond donors (Lipinski definition) is 22. The summed E-state index contributed by atoms with van der Waals surface area (Å²) in [6.45, 7) is 18.7. The van der Waals surface area contributed by atoms with E-state index < -0.39 is 372 Å². The number of ether oxygens (including phenoxy) is 18. The molecular formula is C91H148O44. The summed E-state index contributed by atoms with van der Waals surface area (Å²) in [7, 11) is 0. The number of hydrogen-bond acceptors (Lipinski definition) is 44. The van der Waals surface area contributed by atoms with Gasteiger partial charge in [0, 0.05) is 12.8 Å². The third kappa shape index (κ3) is 21.5. The minimum Gasteiger partial charge on any atom is -0.462 e. The van der Waals surface area contributed by atoms with Crippen LogP contribution in [0.3, 0.4) is 0 Å². The van der Waals surface area contributed by atoms with Crippen molar-refractivity contribution in [2.24, 2.45) is 62.1 Å². The normalized spacial score (nSPS) is 49.1. The number of aldehydes is 1. The standard InChI is InChI=1S/C91H148O44/c1-13-36(3)48(124-56(102)25-41(96)24-49(37(4)14-2)125-81-66(112)61(107)51(30-93)126-81)23-40(95)26-57(103)129-72-39(6)123-84(75(69(72)115)133-80-68(114)63(109)71(38(5)122-80)130-79-70(116)73(46(99)33-120-79)131-77-64(110)58(104)44(97)31-118-77)135-85(117)91-22-21-86(7,8)27-43(91)42-15-16-53-87(9)19-18-55(88(10,35-94)52(87)17-20-89(53,11)90(42,12)28-54(91)101)128-83-76(134-82-67(113)62(108)60(106)50(29-92)127-82)74(47(100)34-121-83)132-78-65(111)59(105)45(98)32-119-78/h15,35-41,43-55,58-84,92-93,95-101,104-116H,13-14,16-34H2,1-12H3/t36-,37-,38?,39?,40-,41-,43?,44+,45+,46+,47+,48-,49-,50?,51-,52+,53?,54?,55-,58?,59-,60-,61?,62-,63?,64?,65?,66?,67?,68?,69?,70?,71-,72-,73?,74-,75?,76?,77-,78-,79-,80-,81+,82-,83-,84-,87?,88+,89-,90+,91+/m0/s1. The van der Waals surface area contributed by atoms with Crippen molar-refractivity contribution in [1.29, 1.82) is 0 Å². The Bertz CT molecular complexity index is 3930. The summed E-state index contributed by atoms with van der Waals surface area (Å²) < 4.78 is 109. The van der Waals surface area contributed by atoms with Gasteiger partial charge in [-0.25, -0.2) is 0 Å². The van der Waals surface area contributed by atoms with Crippen molar-refractivity contribution < 1.29 is 217 Å². The highest BCUT2D eigenvalue weighted by Gasteiger charge is 2.73. The Morgan fingerprint density at radius 3 is 1.56 bits per heavy atom. The molecular weight excluding hydrogens is 1800 g/mol. The van der Waals surface area contributed by atoms with Crippen molar-refractivity contribution in [2.75, 3.05) is 39.6 Å². The molecule has 8 heterocycles. The molecule has 0 bridgehead atoms. The highest BCUT2D eigenvalue weighted by atomic mass is 16.8. The zero-order valence-electron chi connectivity index (χ0n) is 78.4. The molecule has 20 unspecified atom stereocenters. The molecule has 5 aliphatic carbocycles. The molecule has 44 nitrogen and oxygen atoms in total. The van der Waals surface area contributed by atoms with Crippen molar-refractivity contribution in [1.82, 2.24) is 0 Å². The van der Waals surface area contributed by atoms with E-state index in [1.807, 2.05) is 13.8 Å². The summed E-state index contributed by atoms with van der Waals surface area (Å²) in [5.41, 5.74) is -4.99. The molecule has 0 spiro atoms. The summed E-state index contributed by atoms with van der Waals surface area (Å²) in [4.78, 5) is 58.8. The van der Waals surface area contributed by atoms with Gasteiger partial charge in [0.15, 0.2) is 56.2 Å². The molecule has 4 saturated carbocycles. The van der Waals surface area contributed by atoms with Gasteiger partial charge in [-0.3, -0.25) is 14.4 Å². The Morgan fingerprint density at radius 2 is 0.948 bits per heavy atom. The van der Waals surface area contributed by atoms with E-state index in [-0.39, 0.29) is 43.9 Å². The van der Waals surface area contributed by atoms with Crippen LogP contribution in [0.5, 0.6) is 0 Å². The summed E-state index contributed by atoms with van der Waals surface area (Å²) >= 11 is 0. The van der Waals surface area contributed by atoms with Gasteiger partial charge in [0.2, 0.25) is 6.29 Å². The van der Waals surface area contributed by atoms with Gasteiger partial charge in [0.25, 0.3) is 0 Å². The Kier molecular flexibility index (Phi) is 35.2. The molecule has 51 atom stereocenters. The second-order valence-electron chi connectivity index (χ2n) is 42.0. The number of aliphatic hydroxyl groups is 22. The van der Waals surface area contributed by atoms with Crippen LogP contribution < -0.4 is 0 Å². The van der Waals surface area contributed by atoms with Crippen molar-refractivity contribution >= 4 is 24.2 Å². The Balaban J connectivity index is 0.738. The van der Waals surface area contributed by atoms with Gasteiger partial charge >= 0.3 is 17.9 Å². The molecule has 13 rings (SSSR count). The number of fused-ring (bicyclic) bond motifs is 7. The predicted molar refractivity (Wildman–Crippen MR) is 451 cm³/mol. The van der Waals surface area contributed by atoms with Gasteiger partial charge in [-0.1, -0.05) is 93.7 Å². The highest BCUT2D eigenvalue weighted by Crippen LogP contribution is 2.76. The highest BCUT2D eigenvalue weighted by molar-refractivity contribution is 5.80. The predicted octanol–water partition coefficient (Wildman–Crippen LogP) is -5.14. The summed E-state index contributed by atoms with van der Waals surface area (Å²) in [6, 6.07) is 0. The van der Waals surface area contributed by atoms with Crippen LogP contribution in [0.15, 0.2) is 11.6 Å². The fourth-order valence-corrected chi connectivity index (χ4v) is 23.9. The van der Waals surface area contributed by atoms with Gasteiger partial charge in [-0.05, 0) is 123 Å². The minimum absolute atomic E-state index is 0.00851. The monoisotopic (exact) mass is 1940 g/mol. The molecule has 13 aliphatic rings. The number of rotatable bonds is 33. The number of allylic oxidation sites excluding steroid dienone is 2. The molecule has 135 heavy (non-hydrogen) atoms. The van der Waals surface area contributed by atoms with Crippen LogP contribution in [0.1, 0.15) is 179 Å². The smallest absolute Gasteiger partial charge is 0.317 e. The van der Waals surface area contributed by atoms with Gasteiger partial charge in [0.1, 0.15) is 158 Å². The SMILES string of the molecule is CC[C@H](C)[C@H](C[C@H](O)CC(=O)O[C@H]1C(C)O[C@@H](OC(=O)[C@]23CCC(C)(C)CC2C2=CCC4C5(C)CC[C@H](O[C@@H]6OC[C@@H](O)[C@H](O[C@@H]7OC[C@@H](O)[C@H](O)C7O)C6O[C@@H]6OC(CO)[C@H](O)[C@H](O)C6O)[C@](C)(C=O)[C@@H]5CC[C@]4(C)[C@]2(C)CC3O)C(O[C@@H]2OC(C)[C@H](O[C@@H]3OC[C@@H](O)C(O[C@@H]4OC[C@@H](O)C(O)C4O)C3O)C(O)C2O)C1O)OC(=O)C[C@@H](O)C[C@H](O[C@@H]1O[C@@H](CO)C(O)C1O)[C@@H](C)CC. The van der Waals surface area contributed by atoms with Crippen LogP contribution >= 0.6 is 0 Å². The zero-order valence-corrected chi connectivity index (χ0v) is 78.4. The minimum atomic E-state index is -2.19. The molecule has 0 aromatic carbocycles. The summed E-state index contributed by atoms with van der Waals surface area (Å²) in [5.74, 6) is -5.14. The molecule has 44 heteroatoms. The lowest BCUT2D eigenvalue weighted by atomic mass is 9.33. The Hall–Kier alpha value is -3.66. The molecule has 12 fully saturated rings. The average molecular weight is 1950 g/mol. The number of carbonyl (C=O) groups excluding carboxylic acids is 4. The van der Waals surface area contributed by atoms with E-state index in [1.165, 1.54) is 13.8 Å². The van der Waals surface area contributed by atoms with Crippen LogP contribution in [0, 0.1) is 62.1 Å². The number of carbonyl (C=O) groups is 4. The van der Waals surface area contributed by atoms with E-state index in [4.69, 9.17) is 85.3 Å². The van der Waals surface area contributed by atoms with Crippen LogP contribution in [0.25, 0.3) is 0 Å². The van der Waals surface area contributed by atoms with Gasteiger partial charge < -0.3 is 202 Å². The number of aliphatic hydroxyl groups excluding tert-OH is 22. The first-order valence-electron chi connectivity index (χ1n) is 47.8. The first-order chi connectivity index (χ1) is 63.5. The van der Waals surface area contributed by atoms with Crippen molar-refractivity contribution in [3.8, 4) is 0 Å². The maximum atomic E-state index is 16.3. The quantitative estimate of drug-likeness (QED) is 0.00961. The molecule has 8 aliphatic heterocycles. The lowest BCUT2D eigenvalue weighted by Gasteiger charge is -2.71.